The Kier molecular flexibility index (Phi) is 6.18. The van der Waals surface area contributed by atoms with Crippen molar-refractivity contribution in [2.75, 3.05) is 13.7 Å². The van der Waals surface area contributed by atoms with Crippen molar-refractivity contribution >= 4 is 17.8 Å². The minimum atomic E-state index is -0.600. The molecule has 7 heteroatoms. The van der Waals surface area contributed by atoms with Gasteiger partial charge in [0.1, 0.15) is 17.1 Å². The fourth-order valence-corrected chi connectivity index (χ4v) is 2.42. The van der Waals surface area contributed by atoms with Gasteiger partial charge < -0.3 is 19.1 Å². The zero-order valence-corrected chi connectivity index (χ0v) is 15.6. The van der Waals surface area contributed by atoms with Crippen LogP contribution in [0.2, 0.25) is 0 Å². The summed E-state index contributed by atoms with van der Waals surface area (Å²) in [7, 11) is 2.82. The Morgan fingerprint density at radius 2 is 1.96 bits per heavy atom. The maximum atomic E-state index is 12.5. The van der Waals surface area contributed by atoms with E-state index in [2.05, 4.69) is 4.74 Å². The van der Waals surface area contributed by atoms with Gasteiger partial charge in [-0.05, 0) is 37.6 Å². The standard InChI is InChI=1S/C20H21NO6/c1-12-13(2)21(3)20(25)18(19(12)24)16(22)9-8-14-6-5-7-15(10-14)27-11-17(23)26-4/h5-10,24H,11H2,1-4H3. The molecule has 0 fully saturated rings. The maximum absolute atomic E-state index is 12.5. The van der Waals surface area contributed by atoms with Gasteiger partial charge in [0, 0.05) is 18.3 Å². The number of hydrogen-bond acceptors (Lipinski definition) is 6. The van der Waals surface area contributed by atoms with Gasteiger partial charge in [0.15, 0.2) is 12.4 Å². The number of nitrogens with zero attached hydrogens (tertiary/aromatic N) is 1. The number of ether oxygens (including phenoxy) is 2. The van der Waals surface area contributed by atoms with E-state index >= 15 is 0 Å². The van der Waals surface area contributed by atoms with E-state index in [-0.39, 0.29) is 17.9 Å². The van der Waals surface area contributed by atoms with Crippen molar-refractivity contribution in [3.63, 3.8) is 0 Å². The van der Waals surface area contributed by atoms with Crippen LogP contribution in [0, 0.1) is 13.8 Å². The summed E-state index contributed by atoms with van der Waals surface area (Å²) in [6.45, 7) is 3.11. The van der Waals surface area contributed by atoms with Crippen LogP contribution in [0.15, 0.2) is 35.1 Å². The van der Waals surface area contributed by atoms with Crippen molar-refractivity contribution in [2.45, 2.75) is 13.8 Å². The number of aromatic hydroxyl groups is 1. The summed E-state index contributed by atoms with van der Waals surface area (Å²) in [4.78, 5) is 35.9. The van der Waals surface area contributed by atoms with Crippen LogP contribution in [0.1, 0.15) is 27.2 Å². The minimum Gasteiger partial charge on any atom is -0.507 e. The number of benzene rings is 1. The predicted molar refractivity (Wildman–Crippen MR) is 100 cm³/mol. The van der Waals surface area contributed by atoms with Crippen molar-refractivity contribution in [3.8, 4) is 11.5 Å². The summed E-state index contributed by atoms with van der Waals surface area (Å²) < 4.78 is 11.1. The number of carbonyl (C=O) groups excluding carboxylic acids is 2. The lowest BCUT2D eigenvalue weighted by atomic mass is 10.0. The molecule has 27 heavy (non-hydrogen) atoms. The van der Waals surface area contributed by atoms with Gasteiger partial charge in [0.25, 0.3) is 5.56 Å². The summed E-state index contributed by atoms with van der Waals surface area (Å²) in [6, 6.07) is 6.72. The van der Waals surface area contributed by atoms with Crippen molar-refractivity contribution in [1.29, 1.82) is 0 Å². The first-order chi connectivity index (χ1) is 12.8. The fourth-order valence-electron chi connectivity index (χ4n) is 2.42. The van der Waals surface area contributed by atoms with Crippen LogP contribution in [0.5, 0.6) is 11.5 Å². The van der Waals surface area contributed by atoms with Crippen LogP contribution in [0.4, 0.5) is 0 Å². The lowest BCUT2D eigenvalue weighted by Gasteiger charge is -2.11. The summed E-state index contributed by atoms with van der Waals surface area (Å²) in [6.07, 6.45) is 2.71. The average molecular weight is 371 g/mol. The number of rotatable bonds is 6. The Labute approximate surface area is 156 Å². The number of allylic oxidation sites excluding steroid dienone is 1. The van der Waals surface area contributed by atoms with Gasteiger partial charge in [0.05, 0.1) is 7.11 Å². The van der Waals surface area contributed by atoms with Gasteiger partial charge in [-0.1, -0.05) is 18.2 Å². The number of esters is 1. The average Bonchev–Trinajstić information content (AvgIpc) is 2.67. The molecule has 0 saturated heterocycles. The zero-order valence-electron chi connectivity index (χ0n) is 15.6. The Bertz CT molecular complexity index is 971. The SMILES string of the molecule is COC(=O)COc1cccc(C=CC(=O)c2c(O)c(C)c(C)n(C)c2=O)c1. The van der Waals surface area contributed by atoms with Gasteiger partial charge in [0.2, 0.25) is 0 Å². The third-order valence-electron chi connectivity index (χ3n) is 4.27. The summed E-state index contributed by atoms with van der Waals surface area (Å²) >= 11 is 0. The first-order valence-corrected chi connectivity index (χ1v) is 8.17. The topological polar surface area (TPSA) is 94.8 Å². The second kappa shape index (κ2) is 8.35. The normalized spacial score (nSPS) is 10.8. The molecular formula is C20H21NO6. The Balaban J connectivity index is 2.26. The predicted octanol–water partition coefficient (Wildman–Crippen LogP) is 2.16. The van der Waals surface area contributed by atoms with Crippen LogP contribution in [0.25, 0.3) is 6.08 Å². The molecule has 0 aliphatic carbocycles. The van der Waals surface area contributed by atoms with E-state index in [9.17, 15) is 19.5 Å². The largest absolute Gasteiger partial charge is 0.507 e. The van der Waals surface area contributed by atoms with Crippen LogP contribution < -0.4 is 10.3 Å². The molecule has 0 aliphatic heterocycles. The molecule has 7 nitrogen and oxygen atoms in total. The van der Waals surface area contributed by atoms with Gasteiger partial charge in [-0.15, -0.1) is 0 Å². The van der Waals surface area contributed by atoms with Crippen LogP contribution in [0.3, 0.4) is 0 Å². The number of hydrogen-bond donors (Lipinski definition) is 1. The van der Waals surface area contributed by atoms with E-state index in [0.29, 0.717) is 22.6 Å². The van der Waals surface area contributed by atoms with Crippen LogP contribution >= 0.6 is 0 Å². The second-order valence-electron chi connectivity index (χ2n) is 5.93. The quantitative estimate of drug-likeness (QED) is 0.475. The maximum Gasteiger partial charge on any atom is 0.343 e. The Morgan fingerprint density at radius 1 is 1.26 bits per heavy atom. The highest BCUT2D eigenvalue weighted by Gasteiger charge is 2.19. The summed E-state index contributed by atoms with van der Waals surface area (Å²) in [5.74, 6) is -0.982. The molecule has 0 spiro atoms. The molecule has 0 bridgehead atoms. The molecule has 0 saturated carbocycles. The van der Waals surface area contributed by atoms with Crippen LogP contribution in [-0.2, 0) is 16.6 Å². The number of pyridine rings is 1. The van der Waals surface area contributed by atoms with Crippen molar-refractivity contribution in [1.82, 2.24) is 4.57 Å². The molecule has 0 amide bonds. The molecule has 1 N–H and O–H groups in total. The highest BCUT2D eigenvalue weighted by Crippen LogP contribution is 2.22. The lowest BCUT2D eigenvalue weighted by molar-refractivity contribution is -0.142. The van der Waals surface area contributed by atoms with Gasteiger partial charge >= 0.3 is 5.97 Å². The van der Waals surface area contributed by atoms with Crippen molar-refractivity contribution < 1.29 is 24.2 Å². The summed E-state index contributed by atoms with van der Waals surface area (Å²) in [5.41, 5.74) is 0.877. The third-order valence-corrected chi connectivity index (χ3v) is 4.27. The molecule has 0 radical (unpaired) electrons. The number of ketones is 1. The molecule has 2 aromatic rings. The van der Waals surface area contributed by atoms with Gasteiger partial charge in [-0.2, -0.15) is 0 Å². The molecule has 0 unspecified atom stereocenters. The van der Waals surface area contributed by atoms with E-state index in [0.717, 1.165) is 0 Å². The highest BCUT2D eigenvalue weighted by atomic mass is 16.6. The molecule has 142 valence electrons. The Hall–Kier alpha value is -3.35. The van der Waals surface area contributed by atoms with E-state index in [1.54, 1.807) is 45.2 Å². The number of carbonyl (C=O) groups is 2. The lowest BCUT2D eigenvalue weighted by Crippen LogP contribution is -2.26. The molecule has 1 aromatic heterocycles. The van der Waals surface area contributed by atoms with E-state index < -0.39 is 17.3 Å². The monoisotopic (exact) mass is 371 g/mol. The van der Waals surface area contributed by atoms with Crippen molar-refractivity contribution in [3.05, 3.63) is 63.1 Å². The summed E-state index contributed by atoms with van der Waals surface area (Å²) in [5, 5.41) is 10.2. The Morgan fingerprint density at radius 3 is 2.63 bits per heavy atom. The first kappa shape index (κ1) is 20.0. The molecule has 2 rings (SSSR count). The number of aromatic nitrogens is 1. The van der Waals surface area contributed by atoms with Gasteiger partial charge in [-0.25, -0.2) is 4.79 Å². The fraction of sp³-hybridized carbons (Fsp3) is 0.250. The minimum absolute atomic E-state index is 0.227. The third kappa shape index (κ3) is 4.44. The zero-order chi connectivity index (χ0) is 20.1. The van der Waals surface area contributed by atoms with Crippen LogP contribution in [-0.4, -0.2) is 35.1 Å². The van der Waals surface area contributed by atoms with E-state index in [4.69, 9.17) is 4.74 Å². The molecular weight excluding hydrogens is 350 g/mol. The first-order valence-electron chi connectivity index (χ1n) is 8.17. The molecule has 0 aliphatic rings. The molecule has 1 aromatic carbocycles. The second-order valence-corrected chi connectivity index (χ2v) is 5.93. The van der Waals surface area contributed by atoms with E-state index in [1.807, 2.05) is 0 Å². The number of methoxy groups -OCH3 is 1. The van der Waals surface area contributed by atoms with Crippen molar-refractivity contribution in [2.24, 2.45) is 7.05 Å². The molecule has 0 atom stereocenters. The van der Waals surface area contributed by atoms with Gasteiger partial charge in [-0.3, -0.25) is 9.59 Å². The highest BCUT2D eigenvalue weighted by molar-refractivity contribution is 6.08. The van der Waals surface area contributed by atoms with E-state index in [1.165, 1.54) is 23.8 Å². The molecule has 1 heterocycles. The smallest absolute Gasteiger partial charge is 0.343 e.